The van der Waals surface area contributed by atoms with Gasteiger partial charge in [0, 0.05) is 19.4 Å². The van der Waals surface area contributed by atoms with Gasteiger partial charge in [0.1, 0.15) is 0 Å². The second-order valence-corrected chi connectivity index (χ2v) is 5.58. The molecule has 0 aromatic heterocycles. The molecule has 0 aromatic rings. The normalized spacial score (nSPS) is 33.0. The Morgan fingerprint density at radius 1 is 1.27 bits per heavy atom. The summed E-state index contributed by atoms with van der Waals surface area (Å²) in [5, 5.41) is 8.94. The Balaban J connectivity index is 2.53. The summed E-state index contributed by atoms with van der Waals surface area (Å²) in [4.78, 5) is 4.56. The van der Waals surface area contributed by atoms with Crippen LogP contribution in [0, 0.1) is 11.3 Å². The monoisotopic (exact) mass is 216 g/mol. The molecule has 1 aliphatic rings. The van der Waals surface area contributed by atoms with Crippen molar-refractivity contribution in [2.24, 2.45) is 11.3 Å². The van der Waals surface area contributed by atoms with E-state index in [9.17, 15) is 0 Å². The fourth-order valence-corrected chi connectivity index (χ4v) is 2.45. The first kappa shape index (κ1) is 12.9. The van der Waals surface area contributed by atoms with E-state index in [1.54, 1.807) is 0 Å². The molecule has 0 unspecified atom stereocenters. The van der Waals surface area contributed by atoms with Gasteiger partial charge in [-0.15, -0.1) is 0 Å². The van der Waals surface area contributed by atoms with Crippen LogP contribution in [0.1, 0.15) is 53.4 Å². The minimum absolute atomic E-state index is 0.341. The van der Waals surface area contributed by atoms with Gasteiger partial charge in [-0.05, 0) is 31.1 Å². The summed E-state index contributed by atoms with van der Waals surface area (Å²) in [5.74, 6) is -0.0301. The highest BCUT2D eigenvalue weighted by Gasteiger charge is 2.40. The summed E-state index contributed by atoms with van der Waals surface area (Å²) < 4.78 is 5.51. The lowest BCUT2D eigenvalue weighted by molar-refractivity contribution is -0.413. The third-order valence-electron chi connectivity index (χ3n) is 3.55. The van der Waals surface area contributed by atoms with Crippen molar-refractivity contribution < 1.29 is 14.9 Å². The molecular weight excluding hydrogens is 192 g/mol. The molecule has 1 saturated carbocycles. The minimum Gasteiger partial charge on any atom is -0.348 e. The molecular formula is C12H24O3. The highest BCUT2D eigenvalue weighted by Crippen LogP contribution is 2.42. The Labute approximate surface area is 92.7 Å². The molecule has 0 bridgehead atoms. The highest BCUT2D eigenvalue weighted by atomic mass is 17.1. The lowest BCUT2D eigenvalue weighted by atomic mass is 9.71. The van der Waals surface area contributed by atoms with Crippen molar-refractivity contribution in [3.05, 3.63) is 0 Å². The van der Waals surface area contributed by atoms with Gasteiger partial charge in [0.15, 0.2) is 0 Å². The van der Waals surface area contributed by atoms with Crippen molar-refractivity contribution in [2.45, 2.75) is 59.2 Å². The fourth-order valence-electron chi connectivity index (χ4n) is 2.45. The van der Waals surface area contributed by atoms with Crippen LogP contribution in [0.4, 0.5) is 0 Å². The van der Waals surface area contributed by atoms with Crippen LogP contribution >= 0.6 is 0 Å². The summed E-state index contributed by atoms with van der Waals surface area (Å²) >= 11 is 0. The first-order valence-corrected chi connectivity index (χ1v) is 5.90. The van der Waals surface area contributed by atoms with Crippen molar-refractivity contribution in [2.75, 3.05) is 6.61 Å². The van der Waals surface area contributed by atoms with Crippen molar-refractivity contribution >= 4 is 0 Å². The van der Waals surface area contributed by atoms with Crippen molar-refractivity contribution in [1.29, 1.82) is 0 Å². The van der Waals surface area contributed by atoms with E-state index in [1.165, 1.54) is 0 Å². The summed E-state index contributed by atoms with van der Waals surface area (Å²) in [7, 11) is 0. The van der Waals surface area contributed by atoms with Crippen LogP contribution in [0.2, 0.25) is 0 Å². The molecule has 0 amide bonds. The van der Waals surface area contributed by atoms with E-state index in [1.807, 2.05) is 6.92 Å². The highest BCUT2D eigenvalue weighted by molar-refractivity contribution is 4.84. The number of ether oxygens (including phenoxy) is 1. The molecule has 1 aliphatic carbocycles. The van der Waals surface area contributed by atoms with Crippen molar-refractivity contribution in [3.63, 3.8) is 0 Å². The maximum absolute atomic E-state index is 8.94. The van der Waals surface area contributed by atoms with E-state index >= 15 is 0 Å². The van der Waals surface area contributed by atoms with Crippen LogP contribution in [0.25, 0.3) is 0 Å². The van der Waals surface area contributed by atoms with Crippen molar-refractivity contribution in [1.82, 2.24) is 0 Å². The SMILES string of the molecule is CCOC1(OO)CCC(C(C)(C)C)CC1. The Morgan fingerprint density at radius 2 is 1.80 bits per heavy atom. The Kier molecular flexibility index (Phi) is 4.15. The summed E-state index contributed by atoms with van der Waals surface area (Å²) in [6.45, 7) is 9.32. The van der Waals surface area contributed by atoms with Gasteiger partial charge in [-0.25, -0.2) is 10.1 Å². The van der Waals surface area contributed by atoms with Gasteiger partial charge in [-0.2, -0.15) is 0 Å². The van der Waals surface area contributed by atoms with Gasteiger partial charge in [-0.1, -0.05) is 20.8 Å². The first-order valence-electron chi connectivity index (χ1n) is 5.90. The van der Waals surface area contributed by atoms with Crippen LogP contribution in [0.3, 0.4) is 0 Å². The largest absolute Gasteiger partial charge is 0.348 e. The lowest BCUT2D eigenvalue weighted by Crippen LogP contribution is -2.41. The van der Waals surface area contributed by atoms with Gasteiger partial charge in [0.2, 0.25) is 5.79 Å². The Morgan fingerprint density at radius 3 is 2.13 bits per heavy atom. The van der Waals surface area contributed by atoms with E-state index in [2.05, 4.69) is 25.7 Å². The Bertz CT molecular complexity index is 188. The van der Waals surface area contributed by atoms with E-state index in [0.717, 1.165) is 25.7 Å². The third-order valence-corrected chi connectivity index (χ3v) is 3.55. The molecule has 0 radical (unpaired) electrons. The number of rotatable bonds is 3. The molecule has 0 saturated heterocycles. The second kappa shape index (κ2) is 4.81. The summed E-state index contributed by atoms with van der Waals surface area (Å²) in [5.41, 5.74) is 0.341. The first-order chi connectivity index (χ1) is 6.93. The standard InChI is InChI=1S/C12H24O3/c1-5-14-12(15-13)8-6-10(7-9-12)11(2,3)4/h10,13H,5-9H2,1-4H3. The molecule has 0 spiro atoms. The molecule has 90 valence electrons. The van der Waals surface area contributed by atoms with Gasteiger partial charge in [0.25, 0.3) is 0 Å². The number of hydrogen-bond acceptors (Lipinski definition) is 3. The fraction of sp³-hybridized carbons (Fsp3) is 1.00. The minimum atomic E-state index is -0.726. The summed E-state index contributed by atoms with van der Waals surface area (Å²) in [6, 6.07) is 0. The van der Waals surface area contributed by atoms with Gasteiger partial charge >= 0.3 is 0 Å². The average Bonchev–Trinajstić information content (AvgIpc) is 2.17. The zero-order chi connectivity index (χ0) is 11.5. The predicted molar refractivity (Wildman–Crippen MR) is 59.5 cm³/mol. The summed E-state index contributed by atoms with van der Waals surface area (Å²) in [6.07, 6.45) is 3.70. The maximum Gasteiger partial charge on any atom is 0.201 e. The van der Waals surface area contributed by atoms with Crippen LogP contribution in [0.15, 0.2) is 0 Å². The Hall–Kier alpha value is -0.120. The quantitative estimate of drug-likeness (QED) is 0.446. The van der Waals surface area contributed by atoms with Crippen LogP contribution < -0.4 is 0 Å². The molecule has 0 aliphatic heterocycles. The van der Waals surface area contributed by atoms with Crippen LogP contribution in [-0.4, -0.2) is 17.7 Å². The zero-order valence-electron chi connectivity index (χ0n) is 10.4. The molecule has 1 fully saturated rings. The van der Waals surface area contributed by atoms with Gasteiger partial charge < -0.3 is 4.74 Å². The predicted octanol–water partition coefficient (Wildman–Crippen LogP) is 3.45. The second-order valence-electron chi connectivity index (χ2n) is 5.58. The van der Waals surface area contributed by atoms with E-state index < -0.39 is 5.79 Å². The molecule has 0 atom stereocenters. The molecule has 3 heteroatoms. The van der Waals surface area contributed by atoms with Gasteiger partial charge in [0.05, 0.1) is 0 Å². The van der Waals surface area contributed by atoms with E-state index in [4.69, 9.17) is 9.99 Å². The van der Waals surface area contributed by atoms with Gasteiger partial charge in [-0.3, -0.25) is 0 Å². The molecule has 15 heavy (non-hydrogen) atoms. The molecule has 1 rings (SSSR count). The molecule has 0 heterocycles. The van der Waals surface area contributed by atoms with Crippen LogP contribution in [-0.2, 0) is 9.62 Å². The van der Waals surface area contributed by atoms with Crippen LogP contribution in [0.5, 0.6) is 0 Å². The smallest absolute Gasteiger partial charge is 0.201 e. The van der Waals surface area contributed by atoms with E-state index in [0.29, 0.717) is 17.9 Å². The lowest BCUT2D eigenvalue weighted by Gasteiger charge is -2.41. The molecule has 3 nitrogen and oxygen atoms in total. The topological polar surface area (TPSA) is 38.7 Å². The average molecular weight is 216 g/mol. The zero-order valence-corrected chi connectivity index (χ0v) is 10.4. The van der Waals surface area contributed by atoms with E-state index in [-0.39, 0.29) is 0 Å². The van der Waals surface area contributed by atoms with Crippen molar-refractivity contribution in [3.8, 4) is 0 Å². The number of hydrogen-bond donors (Lipinski definition) is 1. The maximum atomic E-state index is 8.94. The molecule has 1 N–H and O–H groups in total. The molecule has 0 aromatic carbocycles. The third kappa shape index (κ3) is 3.16.